The average Bonchev–Trinajstić information content (AvgIpc) is 3.36. The van der Waals surface area contributed by atoms with Crippen molar-refractivity contribution in [1.29, 1.82) is 0 Å². The number of likely N-dealkylation sites (tertiary alicyclic amines) is 1. The summed E-state index contributed by atoms with van der Waals surface area (Å²) in [6.45, 7) is 5.51. The van der Waals surface area contributed by atoms with Gasteiger partial charge < -0.3 is 0 Å². The lowest BCUT2D eigenvalue weighted by Crippen LogP contribution is -2.18. The van der Waals surface area contributed by atoms with Gasteiger partial charge in [0.05, 0.1) is 4.88 Å². The molecular formula is C19H24N4S2. The Bertz CT molecular complexity index is 784. The highest BCUT2D eigenvalue weighted by atomic mass is 32.1. The fraction of sp³-hybridized carbons (Fsp3) is 0.421. The third-order valence-electron chi connectivity index (χ3n) is 4.58. The summed E-state index contributed by atoms with van der Waals surface area (Å²) in [6.07, 6.45) is 2.72. The van der Waals surface area contributed by atoms with Crippen molar-refractivity contribution in [3.05, 3.63) is 51.2 Å². The molecule has 0 atom stereocenters. The summed E-state index contributed by atoms with van der Waals surface area (Å²) >= 11 is 3.61. The molecule has 1 aliphatic rings. The number of rotatable bonds is 7. The van der Waals surface area contributed by atoms with Gasteiger partial charge in [0.25, 0.3) is 0 Å². The van der Waals surface area contributed by atoms with Crippen LogP contribution in [0.1, 0.15) is 29.0 Å². The molecule has 0 saturated carbocycles. The molecule has 0 spiro atoms. The Kier molecular flexibility index (Phi) is 5.31. The normalized spacial score (nSPS) is 15.4. The zero-order valence-corrected chi connectivity index (χ0v) is 16.2. The molecule has 0 amide bonds. The minimum absolute atomic E-state index is 0.887. The third kappa shape index (κ3) is 4.39. The molecule has 4 heterocycles. The number of thiophene rings is 2. The molecule has 3 aromatic rings. The van der Waals surface area contributed by atoms with Crippen molar-refractivity contribution in [2.45, 2.75) is 32.5 Å². The van der Waals surface area contributed by atoms with Crippen LogP contribution in [0.15, 0.2) is 35.0 Å². The van der Waals surface area contributed by atoms with Crippen LogP contribution in [0.4, 0.5) is 0 Å². The number of hydrogen-bond donors (Lipinski definition) is 1. The molecule has 6 heteroatoms. The van der Waals surface area contributed by atoms with Crippen molar-refractivity contribution in [2.75, 3.05) is 20.1 Å². The maximum Gasteiger partial charge on any atom is 0.102 e. The van der Waals surface area contributed by atoms with Crippen LogP contribution in [0.25, 0.3) is 10.6 Å². The summed E-state index contributed by atoms with van der Waals surface area (Å²) in [6, 6.07) is 8.72. The molecule has 25 heavy (non-hydrogen) atoms. The average molecular weight is 373 g/mol. The van der Waals surface area contributed by atoms with Crippen LogP contribution in [0.3, 0.4) is 0 Å². The van der Waals surface area contributed by atoms with E-state index >= 15 is 0 Å². The molecular weight excluding hydrogens is 348 g/mol. The smallest absolute Gasteiger partial charge is 0.102 e. The standard InChI is InChI=1S/C19H24N4S2/c1-22(12-16-10-18(21-20-16)19-5-4-8-24-19)13-17-9-15(14-25-17)11-23-6-2-3-7-23/h4-5,8-10,14H,2-3,6-7,11-13H2,1H3,(H,20,21). The number of H-pyrrole nitrogens is 1. The van der Waals surface area contributed by atoms with E-state index in [2.05, 4.69) is 62.1 Å². The summed E-state index contributed by atoms with van der Waals surface area (Å²) in [4.78, 5) is 7.56. The Morgan fingerprint density at radius 1 is 1.20 bits per heavy atom. The highest BCUT2D eigenvalue weighted by molar-refractivity contribution is 7.13. The Morgan fingerprint density at radius 3 is 2.88 bits per heavy atom. The van der Waals surface area contributed by atoms with Crippen LogP contribution in [-0.2, 0) is 19.6 Å². The molecule has 1 N–H and O–H groups in total. The second kappa shape index (κ2) is 7.83. The Labute approximate surface area is 157 Å². The number of aromatic amines is 1. The van der Waals surface area contributed by atoms with Crippen LogP contribution < -0.4 is 0 Å². The van der Waals surface area contributed by atoms with Crippen LogP contribution in [-0.4, -0.2) is 40.1 Å². The van der Waals surface area contributed by atoms with Crippen molar-refractivity contribution in [2.24, 2.45) is 0 Å². The molecule has 0 radical (unpaired) electrons. The van der Waals surface area contributed by atoms with E-state index in [1.54, 1.807) is 11.3 Å². The summed E-state index contributed by atoms with van der Waals surface area (Å²) in [5.74, 6) is 0. The molecule has 4 nitrogen and oxygen atoms in total. The van der Waals surface area contributed by atoms with E-state index in [9.17, 15) is 0 Å². The number of aromatic nitrogens is 2. The van der Waals surface area contributed by atoms with Gasteiger partial charge in [-0.05, 0) is 67.5 Å². The second-order valence-corrected chi connectivity index (χ2v) is 8.78. The highest BCUT2D eigenvalue weighted by Gasteiger charge is 2.13. The predicted octanol–water partition coefficient (Wildman–Crippen LogP) is 4.43. The van der Waals surface area contributed by atoms with E-state index in [1.807, 2.05) is 11.3 Å². The highest BCUT2D eigenvalue weighted by Crippen LogP contribution is 2.24. The summed E-state index contributed by atoms with van der Waals surface area (Å²) in [5.41, 5.74) is 3.68. The van der Waals surface area contributed by atoms with Crippen molar-refractivity contribution >= 4 is 22.7 Å². The van der Waals surface area contributed by atoms with E-state index in [-0.39, 0.29) is 0 Å². The van der Waals surface area contributed by atoms with Gasteiger partial charge in [-0.25, -0.2) is 0 Å². The lowest BCUT2D eigenvalue weighted by molar-refractivity contribution is 0.317. The molecule has 0 aliphatic carbocycles. The largest absolute Gasteiger partial charge is 0.299 e. The van der Waals surface area contributed by atoms with E-state index in [4.69, 9.17) is 0 Å². The van der Waals surface area contributed by atoms with Crippen LogP contribution in [0.5, 0.6) is 0 Å². The predicted molar refractivity (Wildman–Crippen MR) is 106 cm³/mol. The van der Waals surface area contributed by atoms with Gasteiger partial charge in [0, 0.05) is 30.2 Å². The fourth-order valence-corrected chi connectivity index (χ4v) is 5.04. The third-order valence-corrected chi connectivity index (χ3v) is 6.45. The van der Waals surface area contributed by atoms with Crippen molar-refractivity contribution in [3.63, 3.8) is 0 Å². The van der Waals surface area contributed by atoms with Gasteiger partial charge in [-0.15, -0.1) is 22.7 Å². The Hall–Kier alpha value is -1.47. The van der Waals surface area contributed by atoms with Crippen molar-refractivity contribution in [3.8, 4) is 10.6 Å². The van der Waals surface area contributed by atoms with Gasteiger partial charge in [0.2, 0.25) is 0 Å². The first-order valence-corrected chi connectivity index (χ1v) is 10.6. The van der Waals surface area contributed by atoms with E-state index in [0.29, 0.717) is 0 Å². The number of nitrogens with zero attached hydrogens (tertiary/aromatic N) is 3. The quantitative estimate of drug-likeness (QED) is 0.666. The van der Waals surface area contributed by atoms with Crippen molar-refractivity contribution in [1.82, 2.24) is 20.0 Å². The van der Waals surface area contributed by atoms with Gasteiger partial charge >= 0.3 is 0 Å². The molecule has 4 rings (SSSR count). The first kappa shape index (κ1) is 17.0. The summed E-state index contributed by atoms with van der Waals surface area (Å²) in [7, 11) is 2.17. The second-order valence-electron chi connectivity index (χ2n) is 6.83. The summed E-state index contributed by atoms with van der Waals surface area (Å²) in [5, 5.41) is 12.0. The van der Waals surface area contributed by atoms with Gasteiger partial charge in [-0.1, -0.05) is 6.07 Å². The zero-order chi connectivity index (χ0) is 17.1. The summed E-state index contributed by atoms with van der Waals surface area (Å²) < 4.78 is 0. The molecule has 0 unspecified atom stereocenters. The zero-order valence-electron chi connectivity index (χ0n) is 14.6. The van der Waals surface area contributed by atoms with E-state index in [1.165, 1.54) is 46.9 Å². The topological polar surface area (TPSA) is 35.2 Å². The molecule has 132 valence electrons. The first-order chi connectivity index (χ1) is 12.3. The molecule has 1 saturated heterocycles. The lowest BCUT2D eigenvalue weighted by atomic mass is 10.2. The molecule has 1 fully saturated rings. The lowest BCUT2D eigenvalue weighted by Gasteiger charge is -2.14. The number of nitrogens with one attached hydrogen (secondary N) is 1. The van der Waals surface area contributed by atoms with Gasteiger partial charge in [0.1, 0.15) is 5.69 Å². The van der Waals surface area contributed by atoms with Crippen LogP contribution >= 0.6 is 22.7 Å². The Balaban J connectivity index is 1.31. The maximum absolute atomic E-state index is 4.44. The molecule has 0 bridgehead atoms. The fourth-order valence-electron chi connectivity index (χ4n) is 3.40. The molecule has 3 aromatic heterocycles. The van der Waals surface area contributed by atoms with E-state index < -0.39 is 0 Å². The molecule has 1 aliphatic heterocycles. The Morgan fingerprint density at radius 2 is 2.08 bits per heavy atom. The first-order valence-electron chi connectivity index (χ1n) is 8.81. The minimum Gasteiger partial charge on any atom is -0.299 e. The van der Waals surface area contributed by atoms with Gasteiger partial charge in [-0.2, -0.15) is 5.10 Å². The van der Waals surface area contributed by atoms with E-state index in [0.717, 1.165) is 25.3 Å². The SMILES string of the molecule is CN(Cc1cc(-c2cccs2)n[nH]1)Cc1cc(CN2CCCC2)cs1. The number of hydrogen-bond acceptors (Lipinski definition) is 5. The maximum atomic E-state index is 4.44. The molecule has 0 aromatic carbocycles. The van der Waals surface area contributed by atoms with Gasteiger partial charge in [-0.3, -0.25) is 14.9 Å². The monoisotopic (exact) mass is 372 g/mol. The van der Waals surface area contributed by atoms with Crippen LogP contribution in [0.2, 0.25) is 0 Å². The van der Waals surface area contributed by atoms with Gasteiger partial charge in [0.15, 0.2) is 0 Å². The minimum atomic E-state index is 0.887. The van der Waals surface area contributed by atoms with Crippen LogP contribution in [0, 0.1) is 0 Å². The van der Waals surface area contributed by atoms with Crippen molar-refractivity contribution < 1.29 is 0 Å².